The fourth-order valence-corrected chi connectivity index (χ4v) is 3.38. The standard InChI is InChI=1S/C14H15NO4S2/c1-3-4-10(13(17)18)15-12(16)11(21-14(15)20)7-9-6-5-8(2)19-9/h5-7,10H,3-4H2,1-2H3,(H,17,18)/b11-7-. The van der Waals surface area contributed by atoms with Crippen LogP contribution >= 0.6 is 24.0 Å². The van der Waals surface area contributed by atoms with Crippen molar-refractivity contribution in [1.29, 1.82) is 0 Å². The van der Waals surface area contributed by atoms with Crippen LogP contribution in [0, 0.1) is 6.92 Å². The fraction of sp³-hybridized carbons (Fsp3) is 0.357. The first-order valence-corrected chi connectivity index (χ1v) is 7.72. The minimum Gasteiger partial charge on any atom is -0.480 e. The molecule has 0 bridgehead atoms. The summed E-state index contributed by atoms with van der Waals surface area (Å²) in [6.07, 6.45) is 2.62. The van der Waals surface area contributed by atoms with Crippen molar-refractivity contribution < 1.29 is 19.1 Å². The topological polar surface area (TPSA) is 70.8 Å². The van der Waals surface area contributed by atoms with Gasteiger partial charge in [-0.1, -0.05) is 37.3 Å². The Morgan fingerprint density at radius 1 is 1.57 bits per heavy atom. The number of thiocarbonyl (C=S) groups is 1. The molecular formula is C14H15NO4S2. The van der Waals surface area contributed by atoms with Gasteiger partial charge in [-0.2, -0.15) is 0 Å². The number of hydrogen-bond acceptors (Lipinski definition) is 5. The van der Waals surface area contributed by atoms with E-state index in [-0.39, 0.29) is 10.2 Å². The monoisotopic (exact) mass is 325 g/mol. The molecule has 0 aliphatic carbocycles. The van der Waals surface area contributed by atoms with E-state index in [4.69, 9.17) is 16.6 Å². The molecule has 0 aromatic carbocycles. The molecule has 1 amide bonds. The van der Waals surface area contributed by atoms with E-state index in [0.29, 0.717) is 23.5 Å². The summed E-state index contributed by atoms with van der Waals surface area (Å²) in [4.78, 5) is 25.3. The largest absolute Gasteiger partial charge is 0.480 e. The lowest BCUT2D eigenvalue weighted by molar-refractivity contribution is -0.145. The van der Waals surface area contributed by atoms with Gasteiger partial charge < -0.3 is 9.52 Å². The lowest BCUT2D eigenvalue weighted by atomic mass is 10.1. The number of thioether (sulfide) groups is 1. The zero-order valence-corrected chi connectivity index (χ0v) is 13.3. The number of carboxylic acid groups (broad SMARTS) is 1. The highest BCUT2D eigenvalue weighted by Crippen LogP contribution is 2.35. The molecule has 5 nitrogen and oxygen atoms in total. The number of aryl methyl sites for hydroxylation is 1. The highest BCUT2D eigenvalue weighted by molar-refractivity contribution is 8.26. The second-order valence-electron chi connectivity index (χ2n) is 4.64. The lowest BCUT2D eigenvalue weighted by Gasteiger charge is -2.22. The molecule has 2 heterocycles. The Hall–Kier alpha value is -1.60. The van der Waals surface area contributed by atoms with Crippen LogP contribution in [0.1, 0.15) is 31.3 Å². The van der Waals surface area contributed by atoms with Crippen LogP contribution in [0.3, 0.4) is 0 Å². The van der Waals surface area contributed by atoms with E-state index in [1.807, 2.05) is 13.8 Å². The smallest absolute Gasteiger partial charge is 0.326 e. The molecule has 2 rings (SSSR count). The van der Waals surface area contributed by atoms with Crippen molar-refractivity contribution in [2.75, 3.05) is 0 Å². The van der Waals surface area contributed by atoms with E-state index in [1.165, 1.54) is 4.90 Å². The Morgan fingerprint density at radius 2 is 2.29 bits per heavy atom. The second kappa shape index (κ2) is 6.44. The van der Waals surface area contributed by atoms with Gasteiger partial charge in [0, 0.05) is 6.08 Å². The summed E-state index contributed by atoms with van der Waals surface area (Å²) in [6.45, 7) is 3.68. The number of aliphatic carboxylic acids is 1. The normalized spacial score (nSPS) is 18.6. The Morgan fingerprint density at radius 3 is 2.81 bits per heavy atom. The quantitative estimate of drug-likeness (QED) is 0.663. The van der Waals surface area contributed by atoms with Crippen molar-refractivity contribution >= 4 is 46.3 Å². The van der Waals surface area contributed by atoms with E-state index in [0.717, 1.165) is 17.5 Å². The number of nitrogens with zero attached hydrogens (tertiary/aromatic N) is 1. The van der Waals surface area contributed by atoms with Gasteiger partial charge in [-0.25, -0.2) is 4.79 Å². The summed E-state index contributed by atoms with van der Waals surface area (Å²) in [5.41, 5.74) is 0. The lowest BCUT2D eigenvalue weighted by Crippen LogP contribution is -2.43. The Balaban J connectivity index is 2.27. The van der Waals surface area contributed by atoms with Gasteiger partial charge in [0.15, 0.2) is 0 Å². The molecule has 21 heavy (non-hydrogen) atoms. The molecule has 1 aromatic rings. The number of carbonyl (C=O) groups is 2. The van der Waals surface area contributed by atoms with Crippen LogP contribution in [-0.2, 0) is 9.59 Å². The van der Waals surface area contributed by atoms with Crippen LogP contribution in [0.4, 0.5) is 0 Å². The maximum atomic E-state index is 12.4. The highest BCUT2D eigenvalue weighted by Gasteiger charge is 2.40. The number of amides is 1. The summed E-state index contributed by atoms with van der Waals surface area (Å²) in [5, 5.41) is 9.28. The van der Waals surface area contributed by atoms with Gasteiger partial charge in [-0.3, -0.25) is 9.69 Å². The number of carboxylic acids is 1. The Kier molecular flexibility index (Phi) is 4.84. The molecule has 0 spiro atoms. The van der Waals surface area contributed by atoms with Crippen molar-refractivity contribution in [1.82, 2.24) is 4.90 Å². The first-order chi connectivity index (χ1) is 9.93. The van der Waals surface area contributed by atoms with E-state index in [9.17, 15) is 14.7 Å². The average Bonchev–Trinajstić information content (AvgIpc) is 2.93. The van der Waals surface area contributed by atoms with Crippen molar-refractivity contribution in [3.05, 3.63) is 28.6 Å². The van der Waals surface area contributed by atoms with Gasteiger partial charge >= 0.3 is 5.97 Å². The number of hydrogen-bond donors (Lipinski definition) is 1. The summed E-state index contributed by atoms with van der Waals surface area (Å²) in [7, 11) is 0. The van der Waals surface area contributed by atoms with E-state index in [1.54, 1.807) is 18.2 Å². The van der Waals surface area contributed by atoms with Gasteiger partial charge in [-0.05, 0) is 25.5 Å². The summed E-state index contributed by atoms with van der Waals surface area (Å²) in [6, 6.07) is 2.64. The zero-order valence-electron chi connectivity index (χ0n) is 11.7. The summed E-state index contributed by atoms with van der Waals surface area (Å²) >= 11 is 6.26. The van der Waals surface area contributed by atoms with Gasteiger partial charge in [0.2, 0.25) is 0 Å². The van der Waals surface area contributed by atoms with Crippen molar-refractivity contribution in [2.45, 2.75) is 32.7 Å². The van der Waals surface area contributed by atoms with E-state index >= 15 is 0 Å². The fourth-order valence-electron chi connectivity index (χ4n) is 2.05. The molecule has 1 aliphatic rings. The first kappa shape index (κ1) is 15.8. The number of rotatable bonds is 5. The minimum atomic E-state index is -1.04. The van der Waals surface area contributed by atoms with Crippen LogP contribution in [-0.4, -0.2) is 32.2 Å². The van der Waals surface area contributed by atoms with Crippen molar-refractivity contribution in [3.8, 4) is 0 Å². The van der Waals surface area contributed by atoms with Crippen LogP contribution in [0.5, 0.6) is 0 Å². The number of carbonyl (C=O) groups excluding carboxylic acids is 1. The summed E-state index contributed by atoms with van der Waals surface area (Å²) in [5.74, 6) is -0.121. The SMILES string of the molecule is CCCC(C(=O)O)N1C(=O)/C(=C/c2ccc(C)o2)SC1=S. The van der Waals surface area contributed by atoms with Crippen LogP contribution < -0.4 is 0 Å². The highest BCUT2D eigenvalue weighted by atomic mass is 32.2. The molecular weight excluding hydrogens is 310 g/mol. The van der Waals surface area contributed by atoms with Crippen LogP contribution in [0.15, 0.2) is 21.5 Å². The Bertz CT molecular complexity index is 620. The van der Waals surface area contributed by atoms with Crippen molar-refractivity contribution in [3.63, 3.8) is 0 Å². The minimum absolute atomic E-state index is 0.273. The number of furan rings is 1. The Labute approximate surface area is 132 Å². The predicted octanol–water partition coefficient (Wildman–Crippen LogP) is 3.04. The molecule has 1 fully saturated rings. The third-order valence-electron chi connectivity index (χ3n) is 3.02. The van der Waals surface area contributed by atoms with Gasteiger partial charge in [-0.15, -0.1) is 0 Å². The maximum Gasteiger partial charge on any atom is 0.326 e. The first-order valence-electron chi connectivity index (χ1n) is 6.50. The summed E-state index contributed by atoms with van der Waals surface area (Å²) < 4.78 is 5.67. The van der Waals surface area contributed by atoms with Crippen LogP contribution in [0.25, 0.3) is 6.08 Å². The third kappa shape index (κ3) is 3.36. The molecule has 0 saturated carbocycles. The van der Waals surface area contributed by atoms with E-state index in [2.05, 4.69) is 0 Å². The third-order valence-corrected chi connectivity index (χ3v) is 4.35. The van der Waals surface area contributed by atoms with Crippen molar-refractivity contribution in [2.24, 2.45) is 0 Å². The molecule has 1 saturated heterocycles. The molecule has 1 aromatic heterocycles. The van der Waals surface area contributed by atoms with Gasteiger partial charge in [0.25, 0.3) is 5.91 Å². The molecule has 1 atom stereocenters. The second-order valence-corrected chi connectivity index (χ2v) is 6.32. The molecule has 0 radical (unpaired) electrons. The predicted molar refractivity (Wildman–Crippen MR) is 84.8 cm³/mol. The zero-order chi connectivity index (χ0) is 15.6. The van der Waals surface area contributed by atoms with Crippen LogP contribution in [0.2, 0.25) is 0 Å². The average molecular weight is 325 g/mol. The molecule has 1 unspecified atom stereocenters. The molecule has 112 valence electrons. The van der Waals surface area contributed by atoms with Gasteiger partial charge in [0.05, 0.1) is 4.91 Å². The van der Waals surface area contributed by atoms with Gasteiger partial charge in [0.1, 0.15) is 21.9 Å². The molecule has 1 aliphatic heterocycles. The maximum absolute atomic E-state index is 12.4. The van der Waals surface area contributed by atoms with E-state index < -0.39 is 12.0 Å². The molecule has 7 heteroatoms. The molecule has 1 N–H and O–H groups in total.